The van der Waals surface area contributed by atoms with Gasteiger partial charge < -0.3 is 9.47 Å². The molecule has 4 rings (SSSR count). The Kier molecular flexibility index (Phi) is 4.22. The lowest BCUT2D eigenvalue weighted by molar-refractivity contribution is 0.0511. The van der Waals surface area contributed by atoms with Crippen molar-refractivity contribution in [2.75, 3.05) is 13.9 Å². The summed E-state index contributed by atoms with van der Waals surface area (Å²) in [5.41, 5.74) is 4.12. The summed E-state index contributed by atoms with van der Waals surface area (Å²) in [6, 6.07) is 7.78. The van der Waals surface area contributed by atoms with Gasteiger partial charge in [0.05, 0.1) is 16.2 Å². The maximum absolute atomic E-state index is 6.01. The second-order valence-corrected chi connectivity index (χ2v) is 6.50. The number of rotatable bonds is 4. The first-order chi connectivity index (χ1) is 12.6. The number of aryl methyl sites for hydroxylation is 2. The number of fused-ring (bicyclic) bond motifs is 2. The van der Waals surface area contributed by atoms with Gasteiger partial charge in [0.25, 0.3) is 0 Å². The van der Waals surface area contributed by atoms with E-state index in [9.17, 15) is 0 Å². The van der Waals surface area contributed by atoms with Crippen molar-refractivity contribution in [3.8, 4) is 17.0 Å². The molecular formula is C19H17ClN4O2. The van der Waals surface area contributed by atoms with Gasteiger partial charge in [0, 0.05) is 48.5 Å². The summed E-state index contributed by atoms with van der Waals surface area (Å²) in [6.45, 7) is 2.14. The molecule has 0 saturated carbocycles. The van der Waals surface area contributed by atoms with Gasteiger partial charge in [0.2, 0.25) is 0 Å². The Morgan fingerprint density at radius 3 is 2.85 bits per heavy atom. The number of benzene rings is 1. The lowest BCUT2D eigenvalue weighted by atomic mass is 10.0. The summed E-state index contributed by atoms with van der Waals surface area (Å²) < 4.78 is 12.8. The Morgan fingerprint density at radius 2 is 2.04 bits per heavy atom. The molecule has 0 atom stereocenters. The van der Waals surface area contributed by atoms with E-state index < -0.39 is 0 Å². The number of methoxy groups -OCH3 is 1. The molecule has 0 aliphatic rings. The summed E-state index contributed by atoms with van der Waals surface area (Å²) in [5.74, 6) is 0.707. The predicted octanol–water partition coefficient (Wildman–Crippen LogP) is 4.13. The van der Waals surface area contributed by atoms with Crippen LogP contribution < -0.4 is 4.74 Å². The average Bonchev–Trinajstić information content (AvgIpc) is 3.01. The molecule has 1 aromatic carbocycles. The van der Waals surface area contributed by atoms with Gasteiger partial charge >= 0.3 is 0 Å². The van der Waals surface area contributed by atoms with E-state index in [1.807, 2.05) is 44.4 Å². The molecule has 0 aliphatic carbocycles. The molecular weight excluding hydrogens is 352 g/mol. The minimum absolute atomic E-state index is 0.146. The summed E-state index contributed by atoms with van der Waals surface area (Å²) in [5, 5.41) is 7.02. The van der Waals surface area contributed by atoms with E-state index in [-0.39, 0.29) is 6.79 Å². The zero-order valence-corrected chi connectivity index (χ0v) is 15.4. The highest BCUT2D eigenvalue weighted by atomic mass is 35.5. The molecule has 3 heterocycles. The minimum atomic E-state index is 0.146. The third kappa shape index (κ3) is 2.87. The van der Waals surface area contributed by atoms with E-state index in [1.54, 1.807) is 18.0 Å². The third-order valence-corrected chi connectivity index (χ3v) is 4.41. The first-order valence-electron chi connectivity index (χ1n) is 8.08. The molecule has 3 aromatic heterocycles. The predicted molar refractivity (Wildman–Crippen MR) is 101 cm³/mol. The smallest absolute Gasteiger partial charge is 0.188 e. The zero-order valence-electron chi connectivity index (χ0n) is 14.7. The molecule has 26 heavy (non-hydrogen) atoms. The fourth-order valence-electron chi connectivity index (χ4n) is 3.06. The molecule has 0 saturated heterocycles. The largest absolute Gasteiger partial charge is 0.466 e. The highest BCUT2D eigenvalue weighted by Crippen LogP contribution is 2.37. The van der Waals surface area contributed by atoms with Crippen molar-refractivity contribution < 1.29 is 9.47 Å². The minimum Gasteiger partial charge on any atom is -0.466 e. The van der Waals surface area contributed by atoms with Crippen LogP contribution in [-0.4, -0.2) is 33.7 Å². The van der Waals surface area contributed by atoms with Crippen molar-refractivity contribution in [2.45, 2.75) is 6.92 Å². The molecule has 0 radical (unpaired) electrons. The number of hydrogen-bond acceptors (Lipinski definition) is 5. The van der Waals surface area contributed by atoms with Gasteiger partial charge in [-0.05, 0) is 31.2 Å². The molecule has 0 spiro atoms. The van der Waals surface area contributed by atoms with Crippen LogP contribution in [-0.2, 0) is 11.8 Å². The van der Waals surface area contributed by atoms with Crippen molar-refractivity contribution in [3.63, 3.8) is 0 Å². The van der Waals surface area contributed by atoms with Crippen LogP contribution in [0.15, 0.2) is 36.7 Å². The maximum Gasteiger partial charge on any atom is 0.188 e. The molecule has 0 aliphatic heterocycles. The van der Waals surface area contributed by atoms with Gasteiger partial charge in [-0.2, -0.15) is 5.10 Å². The quantitative estimate of drug-likeness (QED) is 0.507. The van der Waals surface area contributed by atoms with Crippen LogP contribution in [0.4, 0.5) is 0 Å². The Bertz CT molecular complexity index is 1120. The van der Waals surface area contributed by atoms with Gasteiger partial charge in [-0.1, -0.05) is 11.6 Å². The zero-order chi connectivity index (χ0) is 18.3. The molecule has 132 valence electrons. The SMILES string of the molecule is COCOc1c(-c2ccc3cc(Cl)cnc3n2)cc2cn(C)nc2c1C. The Morgan fingerprint density at radius 1 is 1.19 bits per heavy atom. The number of nitrogens with zero attached hydrogens (tertiary/aromatic N) is 4. The molecule has 0 bridgehead atoms. The van der Waals surface area contributed by atoms with Crippen molar-refractivity contribution in [1.29, 1.82) is 0 Å². The van der Waals surface area contributed by atoms with Gasteiger partial charge in [0.1, 0.15) is 5.75 Å². The summed E-state index contributed by atoms with van der Waals surface area (Å²) in [4.78, 5) is 9.01. The molecule has 6 nitrogen and oxygen atoms in total. The van der Waals surface area contributed by atoms with E-state index in [1.165, 1.54) is 0 Å². The van der Waals surface area contributed by atoms with Crippen LogP contribution in [0, 0.1) is 6.92 Å². The molecule has 4 aromatic rings. The Labute approximate surface area is 155 Å². The Hall–Kier alpha value is -2.70. The average molecular weight is 369 g/mol. The van der Waals surface area contributed by atoms with Crippen molar-refractivity contribution in [1.82, 2.24) is 19.7 Å². The normalized spacial score (nSPS) is 11.4. The topological polar surface area (TPSA) is 62.1 Å². The molecule has 7 heteroatoms. The van der Waals surface area contributed by atoms with E-state index in [2.05, 4.69) is 10.1 Å². The second-order valence-electron chi connectivity index (χ2n) is 6.07. The van der Waals surface area contributed by atoms with Crippen molar-refractivity contribution >= 4 is 33.5 Å². The highest BCUT2D eigenvalue weighted by molar-refractivity contribution is 6.31. The third-order valence-electron chi connectivity index (χ3n) is 4.20. The summed E-state index contributed by atoms with van der Waals surface area (Å²) >= 11 is 6.01. The number of pyridine rings is 2. The second kappa shape index (κ2) is 6.55. The summed E-state index contributed by atoms with van der Waals surface area (Å²) in [7, 11) is 3.49. The molecule has 0 N–H and O–H groups in total. The maximum atomic E-state index is 6.01. The standard InChI is InChI=1S/C19H17ClN4O2/c1-11-17-13(9-24(2)23-17)7-15(18(11)26-10-25-3)16-5-4-12-6-14(20)8-21-19(12)22-16/h4-9H,10H2,1-3H3. The first-order valence-corrected chi connectivity index (χ1v) is 8.46. The van der Waals surface area contributed by atoms with Crippen LogP contribution >= 0.6 is 11.6 Å². The van der Waals surface area contributed by atoms with E-state index in [0.29, 0.717) is 16.4 Å². The number of halogens is 1. The fraction of sp³-hybridized carbons (Fsp3) is 0.211. The van der Waals surface area contributed by atoms with E-state index in [0.717, 1.165) is 33.1 Å². The lowest BCUT2D eigenvalue weighted by Crippen LogP contribution is -2.03. The first kappa shape index (κ1) is 16.8. The molecule has 0 fully saturated rings. The molecule has 0 unspecified atom stereocenters. The lowest BCUT2D eigenvalue weighted by Gasteiger charge is -2.14. The molecule has 0 amide bonds. The number of hydrogen-bond donors (Lipinski definition) is 0. The monoisotopic (exact) mass is 368 g/mol. The summed E-state index contributed by atoms with van der Waals surface area (Å²) in [6.07, 6.45) is 3.57. The van der Waals surface area contributed by atoms with Crippen LogP contribution in [0.1, 0.15) is 5.56 Å². The van der Waals surface area contributed by atoms with Gasteiger partial charge in [0.15, 0.2) is 12.4 Å². The van der Waals surface area contributed by atoms with Crippen LogP contribution in [0.3, 0.4) is 0 Å². The number of ether oxygens (including phenoxy) is 2. The van der Waals surface area contributed by atoms with Gasteiger partial charge in [-0.15, -0.1) is 0 Å². The van der Waals surface area contributed by atoms with Crippen molar-refractivity contribution in [3.05, 3.63) is 47.2 Å². The van der Waals surface area contributed by atoms with Crippen LogP contribution in [0.2, 0.25) is 5.02 Å². The van der Waals surface area contributed by atoms with Crippen molar-refractivity contribution in [2.24, 2.45) is 7.05 Å². The fourth-order valence-corrected chi connectivity index (χ4v) is 3.23. The van der Waals surface area contributed by atoms with Crippen LogP contribution in [0.5, 0.6) is 5.75 Å². The highest BCUT2D eigenvalue weighted by Gasteiger charge is 2.17. The number of aromatic nitrogens is 4. The van der Waals surface area contributed by atoms with E-state index >= 15 is 0 Å². The van der Waals surface area contributed by atoms with E-state index in [4.69, 9.17) is 26.1 Å². The Balaban J connectivity index is 1.95. The van der Waals surface area contributed by atoms with Crippen LogP contribution in [0.25, 0.3) is 33.2 Å². The van der Waals surface area contributed by atoms with Gasteiger partial charge in [-0.25, -0.2) is 9.97 Å². The van der Waals surface area contributed by atoms with Gasteiger partial charge in [-0.3, -0.25) is 4.68 Å².